The Hall–Kier alpha value is 0.140. The summed E-state index contributed by atoms with van der Waals surface area (Å²) in [5, 5.41) is 0. The molecule has 0 aromatic carbocycles. The first-order valence-electron chi connectivity index (χ1n) is 5.58. The number of hydrogen-bond donors (Lipinski definition) is 0. The fraction of sp³-hybridized carbons (Fsp3) is 0.750. The first-order valence-corrected chi connectivity index (χ1v) is 7.11. The molecule has 0 saturated heterocycles. The highest BCUT2D eigenvalue weighted by Gasteiger charge is 2.44. The molecule has 1 saturated carbocycles. The number of carbonyl (C=O) groups is 1. The van der Waals surface area contributed by atoms with Crippen LogP contribution in [0.25, 0.3) is 0 Å². The average Bonchev–Trinajstić information content (AvgIpc) is 2.45. The van der Waals surface area contributed by atoms with Crippen molar-refractivity contribution < 1.29 is 4.79 Å². The molecule has 2 heteroatoms. The van der Waals surface area contributed by atoms with E-state index < -0.39 is 0 Å². The Morgan fingerprint density at radius 1 is 1.29 bits per heavy atom. The highest BCUT2D eigenvalue weighted by Crippen LogP contribution is 2.47. The van der Waals surface area contributed by atoms with E-state index in [0.29, 0.717) is 5.78 Å². The van der Waals surface area contributed by atoms with Crippen LogP contribution in [-0.4, -0.2) is 10.2 Å². The molecule has 2 rings (SSSR count). The molecule has 0 N–H and O–H groups in total. The van der Waals surface area contributed by atoms with Crippen LogP contribution >= 0.6 is 22.6 Å². The monoisotopic (exact) mass is 304 g/mol. The first kappa shape index (κ1) is 10.7. The molecule has 2 aliphatic carbocycles. The topological polar surface area (TPSA) is 17.1 Å². The van der Waals surface area contributed by atoms with E-state index in [-0.39, 0.29) is 5.41 Å². The van der Waals surface area contributed by atoms with Crippen molar-refractivity contribution in [1.82, 2.24) is 0 Å². The van der Waals surface area contributed by atoms with Gasteiger partial charge in [0.1, 0.15) is 5.78 Å². The van der Waals surface area contributed by atoms with Gasteiger partial charge in [-0.3, -0.25) is 4.79 Å². The molecule has 2 aliphatic rings. The predicted octanol–water partition coefficient (Wildman–Crippen LogP) is 3.66. The molecule has 0 aromatic heterocycles. The molecular weight excluding hydrogens is 287 g/mol. The molecule has 1 unspecified atom stereocenters. The van der Waals surface area contributed by atoms with E-state index in [1.54, 1.807) is 0 Å². The SMILES string of the molecule is O=C1CCCC12CCCCC=C2CI. The minimum atomic E-state index is -0.00229. The number of halogens is 1. The smallest absolute Gasteiger partial charge is 0.143 e. The Morgan fingerprint density at radius 2 is 2.07 bits per heavy atom. The van der Waals surface area contributed by atoms with Crippen LogP contribution in [0.5, 0.6) is 0 Å². The molecule has 14 heavy (non-hydrogen) atoms. The number of Topliss-reactive ketones (excluding diaryl/α,β-unsaturated/α-hetero) is 1. The maximum Gasteiger partial charge on any atom is 0.143 e. The second kappa shape index (κ2) is 4.33. The van der Waals surface area contributed by atoms with Crippen LogP contribution in [0.4, 0.5) is 0 Å². The van der Waals surface area contributed by atoms with E-state index in [2.05, 4.69) is 28.7 Å². The zero-order valence-electron chi connectivity index (χ0n) is 8.52. The lowest BCUT2D eigenvalue weighted by atomic mass is 9.75. The highest BCUT2D eigenvalue weighted by atomic mass is 127. The van der Waals surface area contributed by atoms with E-state index in [1.165, 1.54) is 24.8 Å². The van der Waals surface area contributed by atoms with Crippen LogP contribution in [-0.2, 0) is 4.79 Å². The predicted molar refractivity (Wildman–Crippen MR) is 66.7 cm³/mol. The van der Waals surface area contributed by atoms with Crippen LogP contribution in [0.15, 0.2) is 11.6 Å². The lowest BCUT2D eigenvalue weighted by Crippen LogP contribution is -2.28. The minimum Gasteiger partial charge on any atom is -0.299 e. The summed E-state index contributed by atoms with van der Waals surface area (Å²) in [5.74, 6) is 0.530. The van der Waals surface area contributed by atoms with E-state index >= 15 is 0 Å². The Balaban J connectivity index is 2.32. The Labute approximate surface area is 99.5 Å². The molecule has 0 aromatic rings. The third kappa shape index (κ3) is 1.66. The molecule has 0 heterocycles. The summed E-state index contributed by atoms with van der Waals surface area (Å²) >= 11 is 2.41. The summed E-state index contributed by atoms with van der Waals surface area (Å²) in [7, 11) is 0. The highest BCUT2D eigenvalue weighted by molar-refractivity contribution is 14.1. The van der Waals surface area contributed by atoms with Gasteiger partial charge < -0.3 is 0 Å². The van der Waals surface area contributed by atoms with Gasteiger partial charge in [0, 0.05) is 10.8 Å². The van der Waals surface area contributed by atoms with Crippen molar-refractivity contribution in [3.63, 3.8) is 0 Å². The standard InChI is InChI=1S/C12H17IO/c13-9-10-5-2-1-3-7-12(10)8-4-6-11(12)14/h5H,1-4,6-9H2. The Morgan fingerprint density at radius 3 is 2.71 bits per heavy atom. The van der Waals surface area contributed by atoms with Crippen LogP contribution in [0.1, 0.15) is 44.9 Å². The lowest BCUT2D eigenvalue weighted by Gasteiger charge is -2.28. The molecule has 0 bridgehead atoms. The van der Waals surface area contributed by atoms with E-state index in [1.807, 2.05) is 0 Å². The van der Waals surface area contributed by atoms with Crippen molar-refractivity contribution in [2.24, 2.45) is 5.41 Å². The third-order valence-corrected chi connectivity index (χ3v) is 4.57. The molecule has 0 aliphatic heterocycles. The second-order valence-corrected chi connectivity index (χ2v) is 5.23. The maximum absolute atomic E-state index is 12.0. The molecule has 1 nitrogen and oxygen atoms in total. The fourth-order valence-electron chi connectivity index (χ4n) is 2.92. The first-order chi connectivity index (χ1) is 6.79. The van der Waals surface area contributed by atoms with Gasteiger partial charge in [-0.25, -0.2) is 0 Å². The molecule has 0 amide bonds. The summed E-state index contributed by atoms with van der Waals surface area (Å²) in [4.78, 5) is 12.0. The number of hydrogen-bond acceptors (Lipinski definition) is 1. The van der Waals surface area contributed by atoms with Crippen LogP contribution < -0.4 is 0 Å². The normalized spacial score (nSPS) is 33.2. The van der Waals surface area contributed by atoms with Gasteiger partial charge in [0.25, 0.3) is 0 Å². The van der Waals surface area contributed by atoms with E-state index in [4.69, 9.17) is 0 Å². The number of carbonyl (C=O) groups excluding carboxylic acids is 1. The zero-order valence-corrected chi connectivity index (χ0v) is 10.7. The van der Waals surface area contributed by atoms with Gasteiger partial charge in [0.05, 0.1) is 5.41 Å². The van der Waals surface area contributed by atoms with Crippen molar-refractivity contribution >= 4 is 28.4 Å². The van der Waals surface area contributed by atoms with Gasteiger partial charge in [-0.1, -0.05) is 40.7 Å². The molecule has 78 valence electrons. The fourth-order valence-corrected chi connectivity index (χ4v) is 3.96. The number of rotatable bonds is 1. The maximum atomic E-state index is 12.0. The summed E-state index contributed by atoms with van der Waals surface area (Å²) in [5.41, 5.74) is 1.44. The third-order valence-electron chi connectivity index (χ3n) is 3.75. The average molecular weight is 304 g/mol. The van der Waals surface area contributed by atoms with Gasteiger partial charge >= 0.3 is 0 Å². The van der Waals surface area contributed by atoms with Crippen molar-refractivity contribution in [3.8, 4) is 0 Å². The number of allylic oxidation sites excluding steroid dienone is 2. The van der Waals surface area contributed by atoms with Gasteiger partial charge in [0.2, 0.25) is 0 Å². The Bertz CT molecular complexity index is 269. The lowest BCUT2D eigenvalue weighted by molar-refractivity contribution is -0.124. The molecule has 0 radical (unpaired) electrons. The van der Waals surface area contributed by atoms with Crippen LogP contribution in [0, 0.1) is 5.41 Å². The summed E-state index contributed by atoms with van der Waals surface area (Å²) in [6.07, 6.45) is 10.2. The summed E-state index contributed by atoms with van der Waals surface area (Å²) in [6.45, 7) is 0. The van der Waals surface area contributed by atoms with Gasteiger partial charge in [-0.15, -0.1) is 0 Å². The molecule has 1 spiro atoms. The van der Waals surface area contributed by atoms with Crippen LogP contribution in [0.2, 0.25) is 0 Å². The largest absolute Gasteiger partial charge is 0.299 e. The zero-order chi connectivity index (χ0) is 10.0. The van der Waals surface area contributed by atoms with Gasteiger partial charge in [-0.2, -0.15) is 0 Å². The van der Waals surface area contributed by atoms with Crippen LogP contribution in [0.3, 0.4) is 0 Å². The number of ketones is 1. The minimum absolute atomic E-state index is 0.00229. The van der Waals surface area contributed by atoms with Gasteiger partial charge in [-0.05, 0) is 32.1 Å². The molecular formula is C12H17IO. The van der Waals surface area contributed by atoms with E-state index in [9.17, 15) is 4.79 Å². The van der Waals surface area contributed by atoms with Gasteiger partial charge in [0.15, 0.2) is 0 Å². The molecule has 1 atom stereocenters. The Kier molecular flexibility index (Phi) is 3.30. The summed E-state index contributed by atoms with van der Waals surface area (Å²) in [6, 6.07) is 0. The van der Waals surface area contributed by atoms with Crippen molar-refractivity contribution in [1.29, 1.82) is 0 Å². The van der Waals surface area contributed by atoms with E-state index in [0.717, 1.165) is 30.1 Å². The van der Waals surface area contributed by atoms with Crippen molar-refractivity contribution in [2.75, 3.05) is 4.43 Å². The second-order valence-electron chi connectivity index (χ2n) is 4.47. The molecule has 1 fully saturated rings. The van der Waals surface area contributed by atoms with Crippen molar-refractivity contribution in [2.45, 2.75) is 44.9 Å². The summed E-state index contributed by atoms with van der Waals surface area (Å²) < 4.78 is 1.05. The van der Waals surface area contributed by atoms with Crippen molar-refractivity contribution in [3.05, 3.63) is 11.6 Å². The number of alkyl halides is 1. The quantitative estimate of drug-likeness (QED) is 0.410.